The molecule has 3 aliphatic rings. The van der Waals surface area contributed by atoms with Gasteiger partial charge in [0.15, 0.2) is 0 Å². The molecule has 3 atom stereocenters. The van der Waals surface area contributed by atoms with E-state index in [2.05, 4.69) is 11.0 Å². The van der Waals surface area contributed by atoms with Gasteiger partial charge in [-0.1, -0.05) is 0 Å². The first kappa shape index (κ1) is 13.4. The van der Waals surface area contributed by atoms with Crippen molar-refractivity contribution in [2.75, 3.05) is 6.54 Å². The molecule has 21 heavy (non-hydrogen) atoms. The van der Waals surface area contributed by atoms with Gasteiger partial charge in [-0.3, -0.25) is 9.69 Å². The Hall–Kier alpha value is -1.29. The molecular formula is C17H24N2O2. The molecule has 4 nitrogen and oxygen atoms in total. The van der Waals surface area contributed by atoms with E-state index in [0.29, 0.717) is 24.2 Å². The number of piperidine rings is 2. The fourth-order valence-electron chi connectivity index (χ4n) is 4.86. The van der Waals surface area contributed by atoms with Crippen molar-refractivity contribution in [1.82, 2.24) is 9.80 Å². The molecule has 1 aromatic heterocycles. The maximum atomic E-state index is 11.4. The highest BCUT2D eigenvalue weighted by atomic mass is 16.3. The second kappa shape index (κ2) is 5.48. The monoisotopic (exact) mass is 288 g/mol. The predicted octanol–water partition coefficient (Wildman–Crippen LogP) is 2.96. The van der Waals surface area contributed by atoms with Crippen molar-refractivity contribution in [3.8, 4) is 0 Å². The average molecular weight is 288 g/mol. The van der Waals surface area contributed by atoms with Gasteiger partial charge in [-0.25, -0.2) is 0 Å². The summed E-state index contributed by atoms with van der Waals surface area (Å²) >= 11 is 0. The zero-order valence-electron chi connectivity index (χ0n) is 12.5. The van der Waals surface area contributed by atoms with Crippen LogP contribution < -0.4 is 0 Å². The van der Waals surface area contributed by atoms with E-state index in [-0.39, 0.29) is 0 Å². The van der Waals surface area contributed by atoms with Crippen molar-refractivity contribution in [2.24, 2.45) is 0 Å². The summed E-state index contributed by atoms with van der Waals surface area (Å²) in [5.74, 6) is 0.644. The Kier molecular flexibility index (Phi) is 3.49. The van der Waals surface area contributed by atoms with Crippen LogP contribution in [0.3, 0.4) is 0 Å². The van der Waals surface area contributed by atoms with Crippen LogP contribution in [0, 0.1) is 0 Å². The molecule has 3 aliphatic heterocycles. The van der Waals surface area contributed by atoms with E-state index in [1.807, 2.05) is 11.2 Å². The Bertz CT molecular complexity index is 473. The van der Waals surface area contributed by atoms with Gasteiger partial charge in [0.05, 0.1) is 18.7 Å². The zero-order valence-corrected chi connectivity index (χ0v) is 12.5. The van der Waals surface area contributed by atoms with E-state index in [4.69, 9.17) is 4.42 Å². The third-order valence-electron chi connectivity index (χ3n) is 5.80. The molecule has 3 fully saturated rings. The molecule has 1 amide bonds. The van der Waals surface area contributed by atoms with Gasteiger partial charge in [0, 0.05) is 18.6 Å². The zero-order chi connectivity index (χ0) is 14.2. The molecule has 3 unspecified atom stereocenters. The van der Waals surface area contributed by atoms with Gasteiger partial charge in [0.25, 0.3) is 0 Å². The Balaban J connectivity index is 1.52. The van der Waals surface area contributed by atoms with Crippen LogP contribution >= 0.6 is 0 Å². The van der Waals surface area contributed by atoms with Crippen molar-refractivity contribution < 1.29 is 9.21 Å². The van der Waals surface area contributed by atoms with Gasteiger partial charge >= 0.3 is 0 Å². The number of rotatable bonds is 3. The molecule has 114 valence electrons. The molecule has 0 aromatic carbocycles. The normalized spacial score (nSPS) is 36.9. The minimum Gasteiger partial charge on any atom is -0.472 e. The third kappa shape index (κ3) is 2.30. The van der Waals surface area contributed by atoms with Crippen molar-refractivity contribution >= 4 is 6.41 Å². The third-order valence-corrected chi connectivity index (χ3v) is 5.80. The van der Waals surface area contributed by atoms with Gasteiger partial charge < -0.3 is 9.32 Å². The molecule has 0 radical (unpaired) electrons. The quantitative estimate of drug-likeness (QED) is 0.802. The molecule has 0 aliphatic carbocycles. The fourth-order valence-corrected chi connectivity index (χ4v) is 4.86. The summed E-state index contributed by atoms with van der Waals surface area (Å²) in [4.78, 5) is 16.1. The fraction of sp³-hybridized carbons (Fsp3) is 0.706. The van der Waals surface area contributed by atoms with Gasteiger partial charge in [0.1, 0.15) is 0 Å². The lowest BCUT2D eigenvalue weighted by molar-refractivity contribution is -0.129. The molecule has 4 heteroatoms. The molecule has 0 spiro atoms. The van der Waals surface area contributed by atoms with Gasteiger partial charge in [0.2, 0.25) is 6.41 Å². The molecule has 0 saturated carbocycles. The predicted molar refractivity (Wildman–Crippen MR) is 79.7 cm³/mol. The minimum atomic E-state index is 0.360. The summed E-state index contributed by atoms with van der Waals surface area (Å²) in [6.07, 6.45) is 13.7. The number of amides is 1. The highest BCUT2D eigenvalue weighted by Gasteiger charge is 2.45. The molecular weight excluding hydrogens is 264 g/mol. The van der Waals surface area contributed by atoms with E-state index < -0.39 is 0 Å². The minimum absolute atomic E-state index is 0.360. The van der Waals surface area contributed by atoms with E-state index in [1.54, 1.807) is 6.26 Å². The summed E-state index contributed by atoms with van der Waals surface area (Å²) in [7, 11) is 0. The standard InChI is InChI=1S/C17H24N2O2/c20-12-18-7-2-1-3-17(18)19-15-4-5-16(19)10-14(9-15)13-6-8-21-11-13/h6,8,11-12,14-17H,1-5,7,9-10H2. The molecule has 3 saturated heterocycles. The molecule has 0 N–H and O–H groups in total. The summed E-state index contributed by atoms with van der Waals surface area (Å²) in [6.45, 7) is 0.940. The second-order valence-corrected chi connectivity index (χ2v) is 6.88. The number of carbonyl (C=O) groups excluding carboxylic acids is 1. The van der Waals surface area contributed by atoms with Crippen LogP contribution in [0.2, 0.25) is 0 Å². The summed E-state index contributed by atoms with van der Waals surface area (Å²) in [5.41, 5.74) is 1.36. The van der Waals surface area contributed by atoms with Crippen molar-refractivity contribution in [2.45, 2.75) is 69.1 Å². The largest absolute Gasteiger partial charge is 0.472 e. The van der Waals surface area contributed by atoms with E-state index in [1.165, 1.54) is 37.7 Å². The number of carbonyl (C=O) groups is 1. The van der Waals surface area contributed by atoms with E-state index >= 15 is 0 Å². The number of nitrogens with zero attached hydrogens (tertiary/aromatic N) is 2. The summed E-state index contributed by atoms with van der Waals surface area (Å²) in [5, 5.41) is 0. The number of hydrogen-bond donors (Lipinski definition) is 0. The SMILES string of the molecule is O=CN1CCCCC1N1C2CCC1CC(c1ccoc1)C2. The van der Waals surface area contributed by atoms with Crippen LogP contribution in [-0.4, -0.2) is 41.0 Å². The highest BCUT2D eigenvalue weighted by molar-refractivity contribution is 5.48. The van der Waals surface area contributed by atoms with E-state index in [0.717, 1.165) is 25.8 Å². The first-order valence-corrected chi connectivity index (χ1v) is 8.37. The Morgan fingerprint density at radius 1 is 1.14 bits per heavy atom. The lowest BCUT2D eigenvalue weighted by Gasteiger charge is -2.48. The molecule has 1 aromatic rings. The van der Waals surface area contributed by atoms with Crippen molar-refractivity contribution in [1.29, 1.82) is 0 Å². The Morgan fingerprint density at radius 3 is 2.62 bits per heavy atom. The van der Waals surface area contributed by atoms with Gasteiger partial charge in [-0.05, 0) is 62.5 Å². The van der Waals surface area contributed by atoms with Crippen LogP contribution in [0.1, 0.15) is 56.4 Å². The highest BCUT2D eigenvalue weighted by Crippen LogP contribution is 2.45. The Morgan fingerprint density at radius 2 is 1.95 bits per heavy atom. The van der Waals surface area contributed by atoms with Crippen LogP contribution in [0.15, 0.2) is 23.0 Å². The van der Waals surface area contributed by atoms with E-state index in [9.17, 15) is 4.79 Å². The molecule has 4 heterocycles. The van der Waals surface area contributed by atoms with Crippen LogP contribution in [0.25, 0.3) is 0 Å². The first-order chi connectivity index (χ1) is 10.4. The summed E-state index contributed by atoms with van der Waals surface area (Å²) < 4.78 is 5.27. The maximum Gasteiger partial charge on any atom is 0.210 e. The van der Waals surface area contributed by atoms with Gasteiger partial charge in [-0.2, -0.15) is 0 Å². The average Bonchev–Trinajstić information content (AvgIpc) is 3.14. The lowest BCUT2D eigenvalue weighted by Crippen LogP contribution is -2.56. The number of hydrogen-bond acceptors (Lipinski definition) is 3. The number of likely N-dealkylation sites (tertiary alicyclic amines) is 1. The van der Waals surface area contributed by atoms with Crippen LogP contribution in [0.5, 0.6) is 0 Å². The van der Waals surface area contributed by atoms with Crippen LogP contribution in [0.4, 0.5) is 0 Å². The van der Waals surface area contributed by atoms with Gasteiger partial charge in [-0.15, -0.1) is 0 Å². The number of fused-ring (bicyclic) bond motifs is 2. The molecule has 2 bridgehead atoms. The smallest absolute Gasteiger partial charge is 0.210 e. The molecule has 4 rings (SSSR count). The summed E-state index contributed by atoms with van der Waals surface area (Å²) in [6, 6.07) is 3.42. The lowest BCUT2D eigenvalue weighted by atomic mass is 9.85. The second-order valence-electron chi connectivity index (χ2n) is 6.88. The topological polar surface area (TPSA) is 36.7 Å². The van der Waals surface area contributed by atoms with Crippen molar-refractivity contribution in [3.63, 3.8) is 0 Å². The number of furan rings is 1. The maximum absolute atomic E-state index is 11.4. The first-order valence-electron chi connectivity index (χ1n) is 8.37. The Labute approximate surface area is 126 Å². The van der Waals surface area contributed by atoms with Crippen molar-refractivity contribution in [3.05, 3.63) is 24.2 Å². The van der Waals surface area contributed by atoms with Crippen LogP contribution in [-0.2, 0) is 4.79 Å².